The number of hydrogen-bond acceptors (Lipinski definition) is 4. The molecule has 24 heavy (non-hydrogen) atoms. The number of halogens is 1. The highest BCUT2D eigenvalue weighted by Gasteiger charge is 2.16. The van der Waals surface area contributed by atoms with Crippen LogP contribution in [0.1, 0.15) is 22.8 Å². The van der Waals surface area contributed by atoms with Gasteiger partial charge in [-0.25, -0.2) is 4.79 Å². The van der Waals surface area contributed by atoms with Crippen LogP contribution in [0, 0.1) is 0 Å². The zero-order valence-corrected chi connectivity index (χ0v) is 14.2. The van der Waals surface area contributed by atoms with E-state index in [0.29, 0.717) is 18.7 Å². The van der Waals surface area contributed by atoms with Gasteiger partial charge in [0.15, 0.2) is 0 Å². The molecule has 1 N–H and O–H groups in total. The van der Waals surface area contributed by atoms with Gasteiger partial charge < -0.3 is 10.1 Å². The summed E-state index contributed by atoms with van der Waals surface area (Å²) in [4.78, 5) is 16.6. The quantitative estimate of drug-likeness (QED) is 0.696. The van der Waals surface area contributed by atoms with E-state index < -0.39 is 0 Å². The van der Waals surface area contributed by atoms with Gasteiger partial charge in [-0.05, 0) is 18.6 Å². The Bertz CT molecular complexity index is 822. The molecule has 0 bridgehead atoms. The minimum Gasteiger partial charge on any atom is -0.462 e. The number of aromatic nitrogens is 1. The summed E-state index contributed by atoms with van der Waals surface area (Å²) < 4.78 is 5.15. The number of benzene rings is 2. The molecule has 124 valence electrons. The topological polar surface area (TPSA) is 51.2 Å². The molecule has 1 aromatic heterocycles. The molecule has 0 fully saturated rings. The predicted octanol–water partition coefficient (Wildman–Crippen LogP) is 4.45. The van der Waals surface area contributed by atoms with Gasteiger partial charge in [-0.2, -0.15) is 0 Å². The second kappa shape index (κ2) is 8.31. The fourth-order valence-corrected chi connectivity index (χ4v) is 2.48. The van der Waals surface area contributed by atoms with Crippen molar-refractivity contribution in [3.8, 4) is 0 Å². The lowest BCUT2D eigenvalue weighted by molar-refractivity contribution is 0.0527. The summed E-state index contributed by atoms with van der Waals surface area (Å²) in [5.41, 5.74) is 3.21. The number of para-hydroxylation sites is 1. The average Bonchev–Trinajstić information content (AvgIpc) is 2.60. The van der Waals surface area contributed by atoms with Gasteiger partial charge in [0, 0.05) is 18.1 Å². The Morgan fingerprint density at radius 3 is 2.54 bits per heavy atom. The summed E-state index contributed by atoms with van der Waals surface area (Å²) >= 11 is 0. The monoisotopic (exact) mass is 342 g/mol. The molecule has 0 unspecified atom stereocenters. The average molecular weight is 343 g/mol. The van der Waals surface area contributed by atoms with Gasteiger partial charge in [0.2, 0.25) is 0 Å². The molecule has 0 aliphatic carbocycles. The van der Waals surface area contributed by atoms with Crippen molar-refractivity contribution in [2.45, 2.75) is 13.5 Å². The first-order chi connectivity index (χ1) is 11.3. The minimum atomic E-state index is -0.360. The highest BCUT2D eigenvalue weighted by Crippen LogP contribution is 2.27. The highest BCUT2D eigenvalue weighted by molar-refractivity contribution is 6.04. The van der Waals surface area contributed by atoms with Crippen LogP contribution >= 0.6 is 12.4 Å². The Kier molecular flexibility index (Phi) is 6.15. The largest absolute Gasteiger partial charge is 0.462 e. The zero-order chi connectivity index (χ0) is 16.1. The lowest BCUT2D eigenvalue weighted by Crippen LogP contribution is -2.11. The number of hydrogen-bond donors (Lipinski definition) is 1. The summed E-state index contributed by atoms with van der Waals surface area (Å²) in [7, 11) is 0. The number of ether oxygens (including phenoxy) is 1. The smallest absolute Gasteiger partial charge is 0.341 e. The van der Waals surface area contributed by atoms with E-state index in [1.54, 1.807) is 13.1 Å². The van der Waals surface area contributed by atoms with Crippen molar-refractivity contribution in [3.05, 3.63) is 71.9 Å². The molecular formula is C19H19ClN2O2. The Labute approximate surface area is 147 Å². The SMILES string of the molecule is CCOC(=O)c1cnc2ccccc2c1NCc1ccccc1.Cl. The Morgan fingerprint density at radius 1 is 1.08 bits per heavy atom. The van der Waals surface area contributed by atoms with Crippen molar-refractivity contribution >= 4 is 35.0 Å². The molecule has 0 spiro atoms. The maximum Gasteiger partial charge on any atom is 0.341 e. The van der Waals surface area contributed by atoms with Gasteiger partial charge in [-0.1, -0.05) is 48.5 Å². The third kappa shape index (κ3) is 3.84. The number of nitrogens with zero attached hydrogens (tertiary/aromatic N) is 1. The maximum atomic E-state index is 12.2. The molecule has 0 radical (unpaired) electrons. The molecule has 0 atom stereocenters. The van der Waals surface area contributed by atoms with Crippen LogP contribution in [0.15, 0.2) is 60.8 Å². The summed E-state index contributed by atoms with van der Waals surface area (Å²) in [5, 5.41) is 4.28. The summed E-state index contributed by atoms with van der Waals surface area (Å²) in [6, 6.07) is 17.8. The molecule has 5 heteroatoms. The molecule has 0 saturated carbocycles. The summed E-state index contributed by atoms with van der Waals surface area (Å²) in [5.74, 6) is -0.360. The van der Waals surface area contributed by atoms with Gasteiger partial charge in [-0.15, -0.1) is 12.4 Å². The molecule has 0 aliphatic heterocycles. The van der Waals surface area contributed by atoms with Crippen LogP contribution in [0.5, 0.6) is 0 Å². The molecule has 0 saturated heterocycles. The number of fused-ring (bicyclic) bond motifs is 1. The van der Waals surface area contributed by atoms with Crippen molar-refractivity contribution in [2.24, 2.45) is 0 Å². The van der Waals surface area contributed by atoms with E-state index in [9.17, 15) is 4.79 Å². The number of anilines is 1. The lowest BCUT2D eigenvalue weighted by Gasteiger charge is -2.14. The Hall–Kier alpha value is -2.59. The van der Waals surface area contributed by atoms with Gasteiger partial charge in [0.25, 0.3) is 0 Å². The standard InChI is InChI=1S/C19H18N2O2.ClH/c1-2-23-19(22)16-13-20-17-11-7-6-10-15(17)18(16)21-12-14-8-4-3-5-9-14;/h3-11,13H,2,12H2,1H3,(H,20,21);1H. The fraction of sp³-hybridized carbons (Fsp3) is 0.158. The van der Waals surface area contributed by atoms with Crippen molar-refractivity contribution in [2.75, 3.05) is 11.9 Å². The van der Waals surface area contributed by atoms with Crippen molar-refractivity contribution in [3.63, 3.8) is 0 Å². The summed E-state index contributed by atoms with van der Waals surface area (Å²) in [6.45, 7) is 2.76. The third-order valence-electron chi connectivity index (χ3n) is 3.58. The molecule has 3 aromatic rings. The van der Waals surface area contributed by atoms with Crippen LogP contribution in [0.2, 0.25) is 0 Å². The van der Waals surface area contributed by atoms with Crippen molar-refractivity contribution in [1.82, 2.24) is 4.98 Å². The van der Waals surface area contributed by atoms with E-state index in [-0.39, 0.29) is 18.4 Å². The lowest BCUT2D eigenvalue weighted by atomic mass is 10.1. The minimum absolute atomic E-state index is 0. The number of pyridine rings is 1. The van der Waals surface area contributed by atoms with Crippen molar-refractivity contribution < 1.29 is 9.53 Å². The Balaban J connectivity index is 0.00000208. The van der Waals surface area contributed by atoms with Crippen molar-refractivity contribution in [1.29, 1.82) is 0 Å². The number of nitrogens with one attached hydrogen (secondary N) is 1. The molecule has 3 rings (SSSR count). The molecule has 0 amide bonds. The van der Waals surface area contributed by atoms with Gasteiger partial charge in [-0.3, -0.25) is 4.98 Å². The van der Waals surface area contributed by atoms with E-state index in [4.69, 9.17) is 4.74 Å². The number of carbonyl (C=O) groups is 1. The maximum absolute atomic E-state index is 12.2. The van der Waals surface area contributed by atoms with Crippen LogP contribution in [0.3, 0.4) is 0 Å². The first kappa shape index (κ1) is 17.8. The van der Waals surface area contributed by atoms with E-state index in [2.05, 4.69) is 10.3 Å². The molecule has 4 nitrogen and oxygen atoms in total. The first-order valence-corrected chi connectivity index (χ1v) is 7.62. The van der Waals surface area contributed by atoms with Gasteiger partial charge in [0.05, 0.1) is 17.8 Å². The van der Waals surface area contributed by atoms with E-state index in [1.807, 2.05) is 54.6 Å². The molecule has 0 aliphatic rings. The van der Waals surface area contributed by atoms with E-state index in [0.717, 1.165) is 22.2 Å². The van der Waals surface area contributed by atoms with Crippen LogP contribution in [-0.2, 0) is 11.3 Å². The van der Waals surface area contributed by atoms with E-state index >= 15 is 0 Å². The van der Waals surface area contributed by atoms with Gasteiger partial charge >= 0.3 is 5.97 Å². The first-order valence-electron chi connectivity index (χ1n) is 7.62. The van der Waals surface area contributed by atoms with Gasteiger partial charge in [0.1, 0.15) is 5.56 Å². The van der Waals surface area contributed by atoms with E-state index in [1.165, 1.54) is 0 Å². The molecule has 2 aromatic carbocycles. The van der Waals surface area contributed by atoms with Crippen LogP contribution in [0.25, 0.3) is 10.9 Å². The van der Waals surface area contributed by atoms with Crippen LogP contribution < -0.4 is 5.32 Å². The zero-order valence-electron chi connectivity index (χ0n) is 13.4. The number of carbonyl (C=O) groups excluding carboxylic acids is 1. The molecule has 1 heterocycles. The number of rotatable bonds is 5. The fourth-order valence-electron chi connectivity index (χ4n) is 2.48. The number of esters is 1. The molecular weight excluding hydrogens is 324 g/mol. The normalized spacial score (nSPS) is 10.0. The highest BCUT2D eigenvalue weighted by atomic mass is 35.5. The van der Waals surface area contributed by atoms with Crippen LogP contribution in [0.4, 0.5) is 5.69 Å². The Morgan fingerprint density at radius 2 is 1.79 bits per heavy atom. The third-order valence-corrected chi connectivity index (χ3v) is 3.58. The second-order valence-electron chi connectivity index (χ2n) is 5.12. The van der Waals surface area contributed by atoms with Crippen LogP contribution in [-0.4, -0.2) is 17.6 Å². The second-order valence-corrected chi connectivity index (χ2v) is 5.12. The summed E-state index contributed by atoms with van der Waals surface area (Å²) in [6.07, 6.45) is 1.58. The predicted molar refractivity (Wildman–Crippen MR) is 98.7 cm³/mol.